The lowest BCUT2D eigenvalue weighted by atomic mass is 10.2. The van der Waals surface area contributed by atoms with Crippen LogP contribution >= 0.6 is 11.6 Å². The van der Waals surface area contributed by atoms with Crippen molar-refractivity contribution in [1.82, 2.24) is 4.98 Å². The van der Waals surface area contributed by atoms with Crippen LogP contribution in [0.1, 0.15) is 5.89 Å². The number of nitro groups is 1. The van der Waals surface area contributed by atoms with Gasteiger partial charge in [-0.25, -0.2) is 9.78 Å². The topological polar surface area (TPSA) is 105 Å². The van der Waals surface area contributed by atoms with Gasteiger partial charge in [0.2, 0.25) is 5.89 Å². The lowest BCUT2D eigenvalue weighted by molar-refractivity contribution is -0.384. The molecule has 0 N–H and O–H groups in total. The first-order valence-electron chi connectivity index (χ1n) is 7.75. The molecule has 0 aliphatic heterocycles. The van der Waals surface area contributed by atoms with Gasteiger partial charge in [-0.05, 0) is 36.4 Å². The van der Waals surface area contributed by atoms with Gasteiger partial charge in [0, 0.05) is 22.7 Å². The monoisotopic (exact) mass is 388 g/mol. The van der Waals surface area contributed by atoms with E-state index in [2.05, 4.69) is 4.98 Å². The predicted octanol–water partition coefficient (Wildman–Crippen LogP) is 4.03. The summed E-state index contributed by atoms with van der Waals surface area (Å²) in [5, 5.41) is 11.2. The second kappa shape index (κ2) is 8.33. The van der Waals surface area contributed by atoms with Crippen LogP contribution in [0.2, 0.25) is 5.02 Å². The van der Waals surface area contributed by atoms with E-state index in [1.165, 1.54) is 30.5 Å². The van der Waals surface area contributed by atoms with Crippen molar-refractivity contribution in [1.29, 1.82) is 0 Å². The minimum Gasteiger partial charge on any atom is -0.482 e. The third-order valence-electron chi connectivity index (χ3n) is 3.44. The largest absolute Gasteiger partial charge is 0.482 e. The lowest BCUT2D eigenvalue weighted by Gasteiger charge is -2.05. The molecule has 0 atom stereocenters. The number of ether oxygens (including phenoxy) is 2. The minimum atomic E-state index is -0.625. The van der Waals surface area contributed by atoms with Crippen molar-refractivity contribution >= 4 is 23.3 Å². The van der Waals surface area contributed by atoms with Crippen molar-refractivity contribution in [3.8, 4) is 17.1 Å². The van der Waals surface area contributed by atoms with E-state index >= 15 is 0 Å². The Labute approximate surface area is 158 Å². The second-order valence-corrected chi connectivity index (χ2v) is 5.76. The fraction of sp³-hybridized carbons (Fsp3) is 0.111. The summed E-state index contributed by atoms with van der Waals surface area (Å²) in [7, 11) is 0. The van der Waals surface area contributed by atoms with E-state index in [0.29, 0.717) is 16.5 Å². The molecule has 3 aromatic rings. The average molecular weight is 389 g/mol. The van der Waals surface area contributed by atoms with Gasteiger partial charge in [0.25, 0.3) is 5.69 Å². The van der Waals surface area contributed by atoms with E-state index in [9.17, 15) is 14.9 Å². The van der Waals surface area contributed by atoms with Gasteiger partial charge in [0.15, 0.2) is 19.0 Å². The molecule has 0 bridgehead atoms. The van der Waals surface area contributed by atoms with Gasteiger partial charge in [-0.2, -0.15) is 0 Å². The van der Waals surface area contributed by atoms with E-state index in [4.69, 9.17) is 25.5 Å². The maximum atomic E-state index is 11.7. The van der Waals surface area contributed by atoms with E-state index in [0.717, 1.165) is 5.56 Å². The van der Waals surface area contributed by atoms with Crippen LogP contribution in [0, 0.1) is 10.1 Å². The molecule has 0 radical (unpaired) electrons. The first-order chi connectivity index (χ1) is 13.0. The fourth-order valence-electron chi connectivity index (χ4n) is 2.11. The lowest BCUT2D eigenvalue weighted by Crippen LogP contribution is -2.14. The van der Waals surface area contributed by atoms with Crippen LogP contribution in [0.3, 0.4) is 0 Å². The maximum absolute atomic E-state index is 11.7. The molecule has 0 fully saturated rings. The summed E-state index contributed by atoms with van der Waals surface area (Å²) in [5.74, 6) is 0.460. The van der Waals surface area contributed by atoms with Gasteiger partial charge in [0.05, 0.1) is 11.1 Å². The number of hydrogen-bond acceptors (Lipinski definition) is 7. The van der Waals surface area contributed by atoms with Gasteiger partial charge >= 0.3 is 5.97 Å². The number of carbonyl (C=O) groups is 1. The Kier molecular flexibility index (Phi) is 5.68. The summed E-state index contributed by atoms with van der Waals surface area (Å²) >= 11 is 5.84. The quantitative estimate of drug-likeness (QED) is 0.342. The molecular weight excluding hydrogens is 376 g/mol. The molecule has 0 aliphatic carbocycles. The summed E-state index contributed by atoms with van der Waals surface area (Å²) in [6.45, 7) is -0.487. The van der Waals surface area contributed by atoms with Gasteiger partial charge < -0.3 is 13.9 Å². The Morgan fingerprint density at radius 2 is 1.85 bits per heavy atom. The minimum absolute atomic E-state index is 0.0645. The maximum Gasteiger partial charge on any atom is 0.344 e. The highest BCUT2D eigenvalue weighted by atomic mass is 35.5. The number of hydrogen-bond donors (Lipinski definition) is 0. The molecule has 0 saturated carbocycles. The number of halogens is 1. The molecule has 27 heavy (non-hydrogen) atoms. The van der Waals surface area contributed by atoms with Crippen molar-refractivity contribution in [2.45, 2.75) is 6.61 Å². The van der Waals surface area contributed by atoms with E-state index in [-0.39, 0.29) is 24.8 Å². The van der Waals surface area contributed by atoms with Crippen LogP contribution in [0.15, 0.2) is 59.1 Å². The number of benzene rings is 2. The molecule has 0 unspecified atom stereocenters. The van der Waals surface area contributed by atoms with E-state index in [1.807, 2.05) is 0 Å². The van der Waals surface area contributed by atoms with Crippen LogP contribution in [0.4, 0.5) is 5.69 Å². The van der Waals surface area contributed by atoms with Gasteiger partial charge in [-0.1, -0.05) is 11.6 Å². The molecule has 0 aliphatic rings. The van der Waals surface area contributed by atoms with E-state index < -0.39 is 10.9 Å². The Hall–Kier alpha value is -3.39. The SMILES string of the molecule is O=C(COc1ccc([N+](=O)[O-])cc1)OCc1ncc(-c2ccc(Cl)cc2)o1. The molecule has 3 rings (SSSR count). The highest BCUT2D eigenvalue weighted by Crippen LogP contribution is 2.22. The van der Waals surface area contributed by atoms with Gasteiger partial charge in [-0.15, -0.1) is 0 Å². The smallest absolute Gasteiger partial charge is 0.344 e. The molecule has 9 heteroatoms. The number of non-ortho nitro benzene ring substituents is 1. The number of carbonyl (C=O) groups excluding carboxylic acids is 1. The Bertz CT molecular complexity index is 937. The zero-order valence-corrected chi connectivity index (χ0v) is 14.6. The number of oxazole rings is 1. The predicted molar refractivity (Wildman–Crippen MR) is 95.3 cm³/mol. The zero-order chi connectivity index (χ0) is 19.2. The second-order valence-electron chi connectivity index (χ2n) is 5.33. The highest BCUT2D eigenvalue weighted by molar-refractivity contribution is 6.30. The third-order valence-corrected chi connectivity index (χ3v) is 3.70. The number of aromatic nitrogens is 1. The van der Waals surface area contributed by atoms with Crippen molar-refractivity contribution in [2.75, 3.05) is 6.61 Å². The summed E-state index contributed by atoms with van der Waals surface area (Å²) in [4.78, 5) is 25.8. The Balaban J connectivity index is 1.48. The van der Waals surface area contributed by atoms with Crippen LogP contribution < -0.4 is 4.74 Å². The Morgan fingerprint density at radius 1 is 1.15 bits per heavy atom. The van der Waals surface area contributed by atoms with Crippen LogP contribution in [0.25, 0.3) is 11.3 Å². The van der Waals surface area contributed by atoms with Crippen molar-refractivity contribution < 1.29 is 23.6 Å². The molecule has 0 saturated heterocycles. The molecule has 0 spiro atoms. The highest BCUT2D eigenvalue weighted by Gasteiger charge is 2.11. The standard InChI is InChI=1S/C18H13ClN2O6/c19-13-3-1-12(2-4-13)16-9-20-17(27-16)10-26-18(22)11-25-15-7-5-14(6-8-15)21(23)24/h1-9H,10-11H2. The molecule has 0 amide bonds. The van der Waals surface area contributed by atoms with Crippen molar-refractivity contribution in [3.63, 3.8) is 0 Å². The number of rotatable bonds is 7. The van der Waals surface area contributed by atoms with Crippen molar-refractivity contribution in [3.05, 3.63) is 75.8 Å². The van der Waals surface area contributed by atoms with E-state index in [1.54, 1.807) is 24.3 Å². The first kappa shape index (κ1) is 18.4. The molecule has 138 valence electrons. The summed E-state index contributed by atoms with van der Waals surface area (Å²) in [6, 6.07) is 12.4. The van der Waals surface area contributed by atoms with Gasteiger partial charge in [0.1, 0.15) is 5.75 Å². The summed E-state index contributed by atoms with van der Waals surface area (Å²) in [6.07, 6.45) is 1.53. The summed E-state index contributed by atoms with van der Waals surface area (Å²) < 4.78 is 15.8. The molecule has 1 heterocycles. The number of nitrogens with zero attached hydrogens (tertiary/aromatic N) is 2. The van der Waals surface area contributed by atoms with Crippen molar-refractivity contribution in [2.24, 2.45) is 0 Å². The molecule has 2 aromatic carbocycles. The summed E-state index contributed by atoms with van der Waals surface area (Å²) in [5.41, 5.74) is 0.733. The van der Waals surface area contributed by atoms with Gasteiger partial charge in [-0.3, -0.25) is 10.1 Å². The fourth-order valence-corrected chi connectivity index (χ4v) is 2.24. The number of esters is 1. The average Bonchev–Trinajstić information content (AvgIpc) is 3.14. The molecule has 1 aromatic heterocycles. The third kappa shape index (κ3) is 5.05. The van der Waals surface area contributed by atoms with Crippen LogP contribution in [-0.2, 0) is 16.1 Å². The normalized spacial score (nSPS) is 10.4. The molecule has 8 nitrogen and oxygen atoms in total. The Morgan fingerprint density at radius 3 is 2.52 bits per heavy atom. The van der Waals surface area contributed by atoms with Crippen LogP contribution in [-0.4, -0.2) is 22.5 Å². The first-order valence-corrected chi connectivity index (χ1v) is 8.12. The van der Waals surface area contributed by atoms with Crippen LogP contribution in [0.5, 0.6) is 5.75 Å². The zero-order valence-electron chi connectivity index (χ0n) is 13.8. The molecular formula is C18H13ClN2O6. The number of nitro benzene ring substituents is 1.